The van der Waals surface area contributed by atoms with Crippen molar-refractivity contribution in [2.75, 3.05) is 6.61 Å². The molecule has 0 aliphatic carbocycles. The molecule has 1 aromatic rings. The van der Waals surface area contributed by atoms with Crippen molar-refractivity contribution in [3.63, 3.8) is 0 Å². The summed E-state index contributed by atoms with van der Waals surface area (Å²) in [4.78, 5) is 0. The molecule has 0 aromatic heterocycles. The molecule has 1 rings (SSSR count). The number of halogens is 1. The van der Waals surface area contributed by atoms with Crippen molar-refractivity contribution >= 4 is 0 Å². The average molecular weight is 228 g/mol. The molecular weight excluding hydrogens is 203 g/mol. The minimum atomic E-state index is -0.267. The fourth-order valence-electron chi connectivity index (χ4n) is 1.04. The molecule has 0 unspecified atom stereocenters. The second kappa shape index (κ2) is 12.0. The Hall–Kier alpha value is -1.05. The van der Waals surface area contributed by atoms with Gasteiger partial charge in [0.1, 0.15) is 0 Å². The smallest absolute Gasteiger partial charge is 0.165 e. The highest BCUT2D eigenvalue weighted by atomic mass is 19.1. The highest BCUT2D eigenvalue weighted by molar-refractivity contribution is 5.29. The second-order valence-corrected chi connectivity index (χ2v) is 2.55. The lowest BCUT2D eigenvalue weighted by molar-refractivity contribution is 0.321. The lowest BCUT2D eigenvalue weighted by atomic mass is 10.1. The maximum absolute atomic E-state index is 13.1. The molecule has 2 heteroatoms. The summed E-state index contributed by atoms with van der Waals surface area (Å²) < 4.78 is 18.2. The number of hydrogen-bond acceptors (Lipinski definition) is 1. The zero-order chi connectivity index (χ0) is 13.0. The molecule has 0 spiro atoms. The maximum atomic E-state index is 13.1. The predicted octanol–water partition coefficient (Wildman–Crippen LogP) is 4.84. The largest absolute Gasteiger partial charge is 0.491 e. The Morgan fingerprint density at radius 2 is 1.62 bits per heavy atom. The summed E-state index contributed by atoms with van der Waals surface area (Å²) in [5.41, 5.74) is 0.996. The Morgan fingerprint density at radius 1 is 1.06 bits per heavy atom. The van der Waals surface area contributed by atoms with E-state index in [4.69, 9.17) is 4.74 Å². The fraction of sp³-hybridized carbons (Fsp3) is 0.571. The standard InChI is InChI=1S/C10H13FO.2C2H6/c1-3-8-5-6-10(12-4-2)9(11)7-8;2*1-2/h5-7H,3-4H2,1-2H3;2*1-2H3. The van der Waals surface area contributed by atoms with Gasteiger partial charge in [-0.25, -0.2) is 4.39 Å². The summed E-state index contributed by atoms with van der Waals surface area (Å²) >= 11 is 0. The molecule has 16 heavy (non-hydrogen) atoms. The summed E-state index contributed by atoms with van der Waals surface area (Å²) in [6.07, 6.45) is 0.851. The molecule has 0 bridgehead atoms. The molecule has 1 aromatic carbocycles. The first-order valence-corrected chi connectivity index (χ1v) is 6.19. The third-order valence-electron chi connectivity index (χ3n) is 1.70. The molecule has 94 valence electrons. The van der Waals surface area contributed by atoms with Gasteiger partial charge in [0.25, 0.3) is 0 Å². The topological polar surface area (TPSA) is 9.23 Å². The SMILES string of the molecule is CC.CC.CCOc1ccc(CC)cc1F. The molecule has 0 saturated heterocycles. The molecule has 0 aliphatic rings. The van der Waals surface area contributed by atoms with Crippen LogP contribution < -0.4 is 4.74 Å². The number of rotatable bonds is 3. The van der Waals surface area contributed by atoms with E-state index in [0.717, 1.165) is 12.0 Å². The molecule has 1 nitrogen and oxygen atoms in total. The van der Waals surface area contributed by atoms with Crippen molar-refractivity contribution in [2.24, 2.45) is 0 Å². The number of hydrogen-bond donors (Lipinski definition) is 0. The van der Waals surface area contributed by atoms with E-state index in [1.165, 1.54) is 6.07 Å². The van der Waals surface area contributed by atoms with Crippen molar-refractivity contribution < 1.29 is 9.13 Å². The van der Waals surface area contributed by atoms with E-state index in [0.29, 0.717) is 12.4 Å². The van der Waals surface area contributed by atoms with Crippen LogP contribution in [0.2, 0.25) is 0 Å². The van der Waals surface area contributed by atoms with Crippen molar-refractivity contribution in [1.29, 1.82) is 0 Å². The van der Waals surface area contributed by atoms with Crippen molar-refractivity contribution in [1.82, 2.24) is 0 Å². The van der Waals surface area contributed by atoms with E-state index in [2.05, 4.69) is 0 Å². The van der Waals surface area contributed by atoms with Gasteiger partial charge in [0.15, 0.2) is 11.6 Å². The minimum Gasteiger partial charge on any atom is -0.491 e. The molecule has 0 aliphatic heterocycles. The second-order valence-electron chi connectivity index (χ2n) is 2.55. The van der Waals surface area contributed by atoms with E-state index in [9.17, 15) is 4.39 Å². The Bertz CT molecular complexity index is 259. The maximum Gasteiger partial charge on any atom is 0.165 e. The normalized spacial score (nSPS) is 8.19. The van der Waals surface area contributed by atoms with Gasteiger partial charge < -0.3 is 4.74 Å². The van der Waals surface area contributed by atoms with Crippen molar-refractivity contribution in [2.45, 2.75) is 48.0 Å². The molecule has 0 heterocycles. The molecule has 0 N–H and O–H groups in total. The highest BCUT2D eigenvalue weighted by Gasteiger charge is 2.02. The van der Waals surface area contributed by atoms with Gasteiger partial charge in [-0.15, -0.1) is 0 Å². The van der Waals surface area contributed by atoms with E-state index in [1.807, 2.05) is 47.6 Å². The zero-order valence-corrected chi connectivity index (χ0v) is 11.4. The Balaban J connectivity index is 0. The first kappa shape index (κ1) is 17.3. The summed E-state index contributed by atoms with van der Waals surface area (Å²) in [6, 6.07) is 5.08. The van der Waals surface area contributed by atoms with Crippen molar-refractivity contribution in [3.8, 4) is 5.75 Å². The molecule has 0 atom stereocenters. The number of aryl methyl sites for hydroxylation is 1. The molecule has 0 radical (unpaired) electrons. The van der Waals surface area contributed by atoms with Crippen LogP contribution in [0.3, 0.4) is 0 Å². The first-order chi connectivity index (χ1) is 7.77. The summed E-state index contributed by atoms with van der Waals surface area (Å²) in [6.45, 7) is 12.3. The van der Waals surface area contributed by atoms with Gasteiger partial charge in [-0.05, 0) is 31.0 Å². The lowest BCUT2D eigenvalue weighted by Crippen LogP contribution is -1.95. The van der Waals surface area contributed by atoms with Gasteiger partial charge in [0, 0.05) is 0 Å². The van der Waals surface area contributed by atoms with Gasteiger partial charge in [0.05, 0.1) is 6.61 Å². The van der Waals surface area contributed by atoms with Crippen LogP contribution in [0, 0.1) is 5.82 Å². The minimum absolute atomic E-state index is 0.267. The fourth-order valence-corrected chi connectivity index (χ4v) is 1.04. The Kier molecular flexibility index (Phi) is 13.0. The van der Waals surface area contributed by atoms with Crippen LogP contribution in [-0.4, -0.2) is 6.61 Å². The molecular formula is C14H25FO. The van der Waals surface area contributed by atoms with E-state index in [-0.39, 0.29) is 5.82 Å². The van der Waals surface area contributed by atoms with Crippen LogP contribution in [0.4, 0.5) is 4.39 Å². The van der Waals surface area contributed by atoms with E-state index >= 15 is 0 Å². The van der Waals surface area contributed by atoms with E-state index in [1.54, 1.807) is 6.07 Å². The van der Waals surface area contributed by atoms with Crippen molar-refractivity contribution in [3.05, 3.63) is 29.6 Å². The molecule has 0 amide bonds. The first-order valence-electron chi connectivity index (χ1n) is 6.19. The summed E-state index contributed by atoms with van der Waals surface area (Å²) in [5, 5.41) is 0. The summed E-state index contributed by atoms with van der Waals surface area (Å²) in [5.74, 6) is 0.0749. The Labute approximate surface area is 99.6 Å². The van der Waals surface area contributed by atoms with Gasteiger partial charge in [-0.2, -0.15) is 0 Å². The van der Waals surface area contributed by atoms with Gasteiger partial charge in [-0.3, -0.25) is 0 Å². The third-order valence-corrected chi connectivity index (χ3v) is 1.70. The van der Waals surface area contributed by atoms with E-state index < -0.39 is 0 Å². The van der Waals surface area contributed by atoms with Crippen LogP contribution >= 0.6 is 0 Å². The molecule has 0 saturated carbocycles. The van der Waals surface area contributed by atoms with Crippen LogP contribution in [0.5, 0.6) is 5.75 Å². The lowest BCUT2D eigenvalue weighted by Gasteiger charge is -2.04. The summed E-state index contributed by atoms with van der Waals surface area (Å²) in [7, 11) is 0. The zero-order valence-electron chi connectivity index (χ0n) is 11.4. The molecule has 0 fully saturated rings. The van der Waals surface area contributed by atoms with Crippen LogP contribution in [0.25, 0.3) is 0 Å². The predicted molar refractivity (Wildman–Crippen MR) is 69.6 cm³/mol. The monoisotopic (exact) mass is 228 g/mol. The quantitative estimate of drug-likeness (QED) is 0.719. The van der Waals surface area contributed by atoms with Gasteiger partial charge in [-0.1, -0.05) is 40.7 Å². The Morgan fingerprint density at radius 3 is 2.00 bits per heavy atom. The van der Waals surface area contributed by atoms with Crippen LogP contribution in [0.1, 0.15) is 47.1 Å². The number of ether oxygens (including phenoxy) is 1. The third kappa shape index (κ3) is 6.44. The van der Waals surface area contributed by atoms with Crippen LogP contribution in [0.15, 0.2) is 18.2 Å². The highest BCUT2D eigenvalue weighted by Crippen LogP contribution is 2.18. The average Bonchev–Trinajstić information content (AvgIpc) is 2.37. The van der Waals surface area contributed by atoms with Gasteiger partial charge in [0.2, 0.25) is 0 Å². The number of benzene rings is 1. The van der Waals surface area contributed by atoms with Gasteiger partial charge >= 0.3 is 0 Å². The van der Waals surface area contributed by atoms with Crippen LogP contribution in [-0.2, 0) is 6.42 Å².